The number of ether oxygens (including phenoxy) is 2. The molecule has 0 aliphatic carbocycles. The molecule has 2 aromatic carbocycles. The molecule has 1 aliphatic rings. The molecule has 0 bridgehead atoms. The molecule has 194 valence electrons. The molecule has 0 radical (unpaired) electrons. The van der Waals surface area contributed by atoms with Gasteiger partial charge in [0.15, 0.2) is 0 Å². The van der Waals surface area contributed by atoms with Crippen LogP contribution in [0.15, 0.2) is 42.5 Å². The molecule has 9 heteroatoms. The van der Waals surface area contributed by atoms with Gasteiger partial charge in [-0.3, -0.25) is 14.4 Å². The quantitative estimate of drug-likeness (QED) is 0.691. The van der Waals surface area contributed by atoms with E-state index in [2.05, 4.69) is 5.32 Å². The minimum absolute atomic E-state index is 0.0124. The third kappa shape index (κ3) is 6.20. The molecule has 3 rings (SSSR count). The summed E-state index contributed by atoms with van der Waals surface area (Å²) >= 11 is 0. The fraction of sp³-hybridized carbons (Fsp3) is 0.444. The minimum atomic E-state index is -0.588. The van der Waals surface area contributed by atoms with Gasteiger partial charge >= 0.3 is 0 Å². The first-order valence-electron chi connectivity index (χ1n) is 12.1. The number of hydrogen-bond donors (Lipinski definition) is 1. The van der Waals surface area contributed by atoms with Crippen LogP contribution in [-0.2, 0) is 9.53 Å². The van der Waals surface area contributed by atoms with E-state index < -0.39 is 17.8 Å². The van der Waals surface area contributed by atoms with Gasteiger partial charge in [0.1, 0.15) is 18.2 Å². The lowest BCUT2D eigenvalue weighted by Gasteiger charge is -2.36. The van der Waals surface area contributed by atoms with E-state index >= 15 is 0 Å². The summed E-state index contributed by atoms with van der Waals surface area (Å²) < 4.78 is 26.2. The summed E-state index contributed by atoms with van der Waals surface area (Å²) in [7, 11) is 3.23. The predicted molar refractivity (Wildman–Crippen MR) is 135 cm³/mol. The summed E-state index contributed by atoms with van der Waals surface area (Å²) in [4.78, 5) is 41.8. The lowest BCUT2D eigenvalue weighted by Crippen LogP contribution is -2.48. The number of carbonyl (C=O) groups is 3. The Hall–Kier alpha value is -3.46. The summed E-state index contributed by atoms with van der Waals surface area (Å²) in [6, 6.07) is 10.3. The summed E-state index contributed by atoms with van der Waals surface area (Å²) in [5.41, 5.74) is 0.759. The first kappa shape index (κ1) is 27.1. The van der Waals surface area contributed by atoms with Crippen LogP contribution in [0.2, 0.25) is 0 Å². The van der Waals surface area contributed by atoms with Crippen LogP contribution >= 0.6 is 0 Å². The zero-order valence-electron chi connectivity index (χ0n) is 21.4. The van der Waals surface area contributed by atoms with E-state index in [0.29, 0.717) is 17.9 Å². The van der Waals surface area contributed by atoms with Crippen LogP contribution < -0.4 is 10.1 Å². The number of amides is 3. The Kier molecular flexibility index (Phi) is 9.03. The number of carbonyl (C=O) groups excluding carboxylic acids is 3. The highest BCUT2D eigenvalue weighted by Crippen LogP contribution is 2.27. The van der Waals surface area contributed by atoms with Gasteiger partial charge in [-0.25, -0.2) is 4.39 Å². The van der Waals surface area contributed by atoms with E-state index in [-0.39, 0.29) is 54.7 Å². The summed E-state index contributed by atoms with van der Waals surface area (Å²) in [6.07, 6.45) is -0.0769. The first-order chi connectivity index (χ1) is 17.2. The molecule has 3 atom stereocenters. The maximum Gasteiger partial charge on any atom is 0.257 e. The second-order valence-corrected chi connectivity index (χ2v) is 9.15. The van der Waals surface area contributed by atoms with Crippen molar-refractivity contribution in [2.24, 2.45) is 5.92 Å². The van der Waals surface area contributed by atoms with Gasteiger partial charge in [0.05, 0.1) is 23.3 Å². The van der Waals surface area contributed by atoms with Gasteiger partial charge in [0.2, 0.25) is 5.91 Å². The van der Waals surface area contributed by atoms with Crippen molar-refractivity contribution >= 4 is 23.4 Å². The number of anilines is 1. The van der Waals surface area contributed by atoms with Crippen molar-refractivity contribution in [2.45, 2.75) is 39.3 Å². The summed E-state index contributed by atoms with van der Waals surface area (Å²) in [5.74, 6) is -1.32. The van der Waals surface area contributed by atoms with Crippen LogP contribution in [0.3, 0.4) is 0 Å². The van der Waals surface area contributed by atoms with E-state index in [0.717, 1.165) is 0 Å². The monoisotopic (exact) mass is 499 g/mol. The molecule has 0 saturated heterocycles. The minimum Gasteiger partial charge on any atom is -0.491 e. The Labute approximate surface area is 211 Å². The molecule has 8 nitrogen and oxygen atoms in total. The van der Waals surface area contributed by atoms with Crippen molar-refractivity contribution in [2.75, 3.05) is 39.2 Å². The van der Waals surface area contributed by atoms with Crippen LogP contribution in [0.4, 0.5) is 10.1 Å². The van der Waals surface area contributed by atoms with Crippen LogP contribution in [-0.4, -0.2) is 73.5 Å². The number of nitrogens with zero attached hydrogens (tertiary/aromatic N) is 2. The zero-order chi connectivity index (χ0) is 26.4. The van der Waals surface area contributed by atoms with E-state index in [1.165, 1.54) is 17.0 Å². The maximum absolute atomic E-state index is 14.5. The van der Waals surface area contributed by atoms with Crippen molar-refractivity contribution < 1.29 is 28.2 Å². The second-order valence-electron chi connectivity index (χ2n) is 9.15. The molecule has 0 unspecified atom stereocenters. The lowest BCUT2D eigenvalue weighted by atomic mass is 10.0. The molecule has 36 heavy (non-hydrogen) atoms. The summed E-state index contributed by atoms with van der Waals surface area (Å²) in [5, 5.41) is 2.77. The highest BCUT2D eigenvalue weighted by molar-refractivity contribution is 5.99. The van der Waals surface area contributed by atoms with Crippen LogP contribution in [0.25, 0.3) is 0 Å². The average Bonchev–Trinajstić information content (AvgIpc) is 2.87. The van der Waals surface area contributed by atoms with E-state index in [9.17, 15) is 18.8 Å². The molecule has 3 amide bonds. The standard InChI is InChI=1S/C27H34FN3O5/c1-6-25(32)29-19-11-12-23-21(13-19)26(33)30(4)15-24(35-5)17(2)14-31(18(3)16-36-23)27(34)20-9-7-8-10-22(20)28/h7-13,17-18,24H,6,14-16H2,1-5H3,(H,29,32)/t17-,18-,24+/m0/s1. The molecule has 2 aromatic rings. The number of halogens is 1. The number of methoxy groups -OCH3 is 1. The van der Waals surface area contributed by atoms with Crippen LogP contribution in [0.1, 0.15) is 47.9 Å². The van der Waals surface area contributed by atoms with Crippen molar-refractivity contribution in [3.63, 3.8) is 0 Å². The van der Waals surface area contributed by atoms with Gasteiger partial charge < -0.3 is 24.6 Å². The number of benzene rings is 2. The number of hydrogen-bond acceptors (Lipinski definition) is 5. The molecule has 1 aliphatic heterocycles. The van der Waals surface area contributed by atoms with Gasteiger partial charge in [0.25, 0.3) is 11.8 Å². The van der Waals surface area contributed by atoms with Crippen molar-refractivity contribution in [1.29, 1.82) is 0 Å². The zero-order valence-corrected chi connectivity index (χ0v) is 21.4. The van der Waals surface area contributed by atoms with Gasteiger partial charge in [-0.2, -0.15) is 0 Å². The molecule has 1 N–H and O–H groups in total. The Bertz CT molecular complexity index is 1110. The molecule has 0 saturated carbocycles. The normalized spacial score (nSPS) is 21.1. The fourth-order valence-electron chi connectivity index (χ4n) is 4.18. The molecular formula is C27H34FN3O5. The van der Waals surface area contributed by atoms with E-state index in [1.807, 2.05) is 13.8 Å². The predicted octanol–water partition coefficient (Wildman–Crippen LogP) is 3.82. The smallest absolute Gasteiger partial charge is 0.257 e. The SMILES string of the molecule is CCC(=O)Nc1ccc2c(c1)C(=O)N(C)C[C@@H](OC)[C@@H](C)CN(C(=O)c1ccccc1F)[C@@H](C)CO2. The number of rotatable bonds is 4. The van der Waals surface area contributed by atoms with Crippen molar-refractivity contribution in [1.82, 2.24) is 9.80 Å². The topological polar surface area (TPSA) is 88.2 Å². The van der Waals surface area contributed by atoms with Crippen LogP contribution in [0.5, 0.6) is 5.75 Å². The maximum atomic E-state index is 14.5. The van der Waals surface area contributed by atoms with E-state index in [1.54, 1.807) is 56.3 Å². The second kappa shape index (κ2) is 12.0. The molecule has 0 aromatic heterocycles. The number of likely N-dealkylation sites (N-methyl/N-ethyl adjacent to an activating group) is 1. The van der Waals surface area contributed by atoms with E-state index in [4.69, 9.17) is 9.47 Å². The summed E-state index contributed by atoms with van der Waals surface area (Å²) in [6.45, 7) is 6.12. The first-order valence-corrected chi connectivity index (χ1v) is 12.1. The van der Waals surface area contributed by atoms with Gasteiger partial charge in [0, 0.05) is 45.3 Å². The van der Waals surface area contributed by atoms with Crippen LogP contribution in [0, 0.1) is 11.7 Å². The van der Waals surface area contributed by atoms with Crippen molar-refractivity contribution in [3.05, 3.63) is 59.4 Å². The third-order valence-electron chi connectivity index (χ3n) is 6.41. The Morgan fingerprint density at radius 2 is 1.89 bits per heavy atom. The molecular weight excluding hydrogens is 465 g/mol. The van der Waals surface area contributed by atoms with Crippen molar-refractivity contribution in [3.8, 4) is 5.75 Å². The third-order valence-corrected chi connectivity index (χ3v) is 6.41. The number of nitrogens with one attached hydrogen (secondary N) is 1. The number of fused-ring (bicyclic) bond motifs is 1. The van der Waals surface area contributed by atoms with Gasteiger partial charge in [-0.15, -0.1) is 0 Å². The fourth-order valence-corrected chi connectivity index (χ4v) is 4.18. The molecule has 0 fully saturated rings. The Morgan fingerprint density at radius 1 is 1.17 bits per heavy atom. The highest BCUT2D eigenvalue weighted by Gasteiger charge is 2.31. The lowest BCUT2D eigenvalue weighted by molar-refractivity contribution is -0.115. The molecule has 0 spiro atoms. The van der Waals surface area contributed by atoms with Gasteiger partial charge in [-0.1, -0.05) is 26.0 Å². The average molecular weight is 500 g/mol. The Balaban J connectivity index is 2.00. The van der Waals surface area contributed by atoms with Gasteiger partial charge in [-0.05, 0) is 37.3 Å². The highest BCUT2D eigenvalue weighted by atomic mass is 19.1. The largest absolute Gasteiger partial charge is 0.491 e. The Morgan fingerprint density at radius 3 is 2.56 bits per heavy atom. The molecule has 1 heterocycles.